The second-order valence-corrected chi connectivity index (χ2v) is 7.95. The Bertz CT molecular complexity index is 273. The zero-order valence-electron chi connectivity index (χ0n) is 15.2. The van der Waals surface area contributed by atoms with Crippen molar-refractivity contribution in [1.82, 2.24) is 10.2 Å². The summed E-state index contributed by atoms with van der Waals surface area (Å²) < 4.78 is 5.71. The summed E-state index contributed by atoms with van der Waals surface area (Å²) >= 11 is 0. The van der Waals surface area contributed by atoms with Crippen molar-refractivity contribution in [3.63, 3.8) is 0 Å². The van der Waals surface area contributed by atoms with Crippen molar-refractivity contribution in [3.8, 4) is 0 Å². The minimum absolute atomic E-state index is 0.331. The van der Waals surface area contributed by atoms with Crippen LogP contribution in [0.3, 0.4) is 0 Å². The van der Waals surface area contributed by atoms with Gasteiger partial charge in [0, 0.05) is 44.9 Å². The Kier molecular flexibility index (Phi) is 8.22. The van der Waals surface area contributed by atoms with E-state index in [0.29, 0.717) is 23.4 Å². The molecule has 2 unspecified atom stereocenters. The highest BCUT2D eigenvalue weighted by molar-refractivity contribution is 4.92. The first-order valence-corrected chi connectivity index (χ1v) is 8.91. The minimum Gasteiger partial charge on any atom is -0.381 e. The van der Waals surface area contributed by atoms with Crippen LogP contribution in [0.2, 0.25) is 0 Å². The Morgan fingerprint density at radius 2 is 1.86 bits per heavy atom. The third-order valence-electron chi connectivity index (χ3n) is 4.65. The lowest BCUT2D eigenvalue weighted by molar-refractivity contribution is 0.0504. The van der Waals surface area contributed by atoms with Gasteiger partial charge in [0.05, 0.1) is 0 Å². The predicted molar refractivity (Wildman–Crippen MR) is 91.8 cm³/mol. The number of ether oxygens (including phenoxy) is 1. The summed E-state index contributed by atoms with van der Waals surface area (Å²) in [5, 5.41) is 3.77. The van der Waals surface area contributed by atoms with Gasteiger partial charge >= 0.3 is 0 Å². The van der Waals surface area contributed by atoms with E-state index in [1.807, 2.05) is 0 Å². The first-order valence-electron chi connectivity index (χ1n) is 8.91. The van der Waals surface area contributed by atoms with E-state index in [1.165, 1.54) is 25.9 Å². The standard InChI is InChI=1S/C18H38N2O/c1-7-8-11-21-12-9-10-20-14-17(18(4,5)6)19-13-16(20)15(2)3/h15-17,19H,7-14H2,1-6H3. The SMILES string of the molecule is CCCCOCCCN1CC(C(C)(C)C)NCC1C(C)C. The average molecular weight is 299 g/mol. The number of piperazine rings is 1. The number of nitrogens with one attached hydrogen (secondary N) is 1. The molecule has 0 aromatic carbocycles. The number of hydrogen-bond acceptors (Lipinski definition) is 3. The van der Waals surface area contributed by atoms with E-state index >= 15 is 0 Å². The van der Waals surface area contributed by atoms with E-state index in [-0.39, 0.29) is 0 Å². The maximum Gasteiger partial charge on any atom is 0.0478 e. The number of unbranched alkanes of at least 4 members (excludes halogenated alkanes) is 1. The molecule has 1 N–H and O–H groups in total. The fraction of sp³-hybridized carbons (Fsp3) is 1.00. The van der Waals surface area contributed by atoms with Crippen LogP contribution in [0.25, 0.3) is 0 Å². The molecule has 0 saturated carbocycles. The van der Waals surface area contributed by atoms with Gasteiger partial charge in [-0.3, -0.25) is 4.90 Å². The molecule has 0 amide bonds. The van der Waals surface area contributed by atoms with E-state index in [2.05, 4.69) is 51.8 Å². The Hall–Kier alpha value is -0.120. The van der Waals surface area contributed by atoms with E-state index in [0.717, 1.165) is 26.2 Å². The van der Waals surface area contributed by atoms with Gasteiger partial charge in [-0.1, -0.05) is 48.0 Å². The lowest BCUT2D eigenvalue weighted by atomic mass is 9.83. The summed E-state index contributed by atoms with van der Waals surface area (Å²) in [6, 6.07) is 1.26. The zero-order chi connectivity index (χ0) is 15.9. The number of rotatable bonds is 8. The van der Waals surface area contributed by atoms with Crippen LogP contribution >= 0.6 is 0 Å². The van der Waals surface area contributed by atoms with Crippen LogP contribution in [0, 0.1) is 11.3 Å². The van der Waals surface area contributed by atoms with Crippen molar-refractivity contribution in [1.29, 1.82) is 0 Å². The Labute approximate surface area is 132 Å². The molecule has 1 heterocycles. The highest BCUT2D eigenvalue weighted by Gasteiger charge is 2.34. The molecule has 0 aliphatic carbocycles. The third-order valence-corrected chi connectivity index (χ3v) is 4.65. The zero-order valence-corrected chi connectivity index (χ0v) is 15.2. The van der Waals surface area contributed by atoms with Crippen molar-refractivity contribution < 1.29 is 4.74 Å². The van der Waals surface area contributed by atoms with Gasteiger partial charge in [-0.15, -0.1) is 0 Å². The lowest BCUT2D eigenvalue weighted by Crippen LogP contribution is -2.61. The van der Waals surface area contributed by atoms with Crippen molar-refractivity contribution in [2.45, 2.75) is 72.9 Å². The van der Waals surface area contributed by atoms with Gasteiger partial charge < -0.3 is 10.1 Å². The molecule has 0 aromatic rings. The molecule has 1 rings (SSSR count). The molecule has 0 bridgehead atoms. The molecular weight excluding hydrogens is 260 g/mol. The van der Waals surface area contributed by atoms with Gasteiger partial charge in [0.25, 0.3) is 0 Å². The van der Waals surface area contributed by atoms with E-state index < -0.39 is 0 Å². The Morgan fingerprint density at radius 1 is 1.19 bits per heavy atom. The van der Waals surface area contributed by atoms with Crippen LogP contribution in [0.1, 0.15) is 60.8 Å². The molecule has 1 saturated heterocycles. The molecule has 0 spiro atoms. The molecule has 0 aromatic heterocycles. The van der Waals surface area contributed by atoms with E-state index in [9.17, 15) is 0 Å². The van der Waals surface area contributed by atoms with Crippen molar-refractivity contribution >= 4 is 0 Å². The smallest absolute Gasteiger partial charge is 0.0478 e. The van der Waals surface area contributed by atoms with Crippen LogP contribution in [-0.2, 0) is 4.74 Å². The molecular formula is C18H38N2O. The van der Waals surface area contributed by atoms with Crippen molar-refractivity contribution in [3.05, 3.63) is 0 Å². The molecule has 126 valence electrons. The lowest BCUT2D eigenvalue weighted by Gasteiger charge is -2.46. The summed E-state index contributed by atoms with van der Waals surface area (Å²) in [5.41, 5.74) is 0.331. The summed E-state index contributed by atoms with van der Waals surface area (Å²) in [6.07, 6.45) is 3.57. The maximum absolute atomic E-state index is 5.71. The Balaban J connectivity index is 2.41. The van der Waals surface area contributed by atoms with Gasteiger partial charge in [-0.05, 0) is 24.2 Å². The quantitative estimate of drug-likeness (QED) is 0.694. The fourth-order valence-electron chi connectivity index (χ4n) is 3.04. The molecule has 1 fully saturated rings. The second-order valence-electron chi connectivity index (χ2n) is 7.95. The Morgan fingerprint density at radius 3 is 2.43 bits per heavy atom. The van der Waals surface area contributed by atoms with Crippen molar-refractivity contribution in [2.75, 3.05) is 32.8 Å². The van der Waals surface area contributed by atoms with Gasteiger partial charge in [0.2, 0.25) is 0 Å². The molecule has 3 nitrogen and oxygen atoms in total. The monoisotopic (exact) mass is 298 g/mol. The van der Waals surface area contributed by atoms with Crippen LogP contribution < -0.4 is 5.32 Å². The van der Waals surface area contributed by atoms with Crippen LogP contribution in [0.4, 0.5) is 0 Å². The molecule has 21 heavy (non-hydrogen) atoms. The van der Waals surface area contributed by atoms with Crippen LogP contribution in [0.15, 0.2) is 0 Å². The van der Waals surface area contributed by atoms with Gasteiger partial charge in [-0.25, -0.2) is 0 Å². The van der Waals surface area contributed by atoms with E-state index in [4.69, 9.17) is 4.74 Å². The first kappa shape index (κ1) is 18.9. The maximum atomic E-state index is 5.71. The van der Waals surface area contributed by atoms with E-state index in [1.54, 1.807) is 0 Å². The summed E-state index contributed by atoms with van der Waals surface area (Å²) in [5.74, 6) is 0.708. The highest BCUT2D eigenvalue weighted by Crippen LogP contribution is 2.25. The fourth-order valence-corrected chi connectivity index (χ4v) is 3.04. The van der Waals surface area contributed by atoms with Crippen LogP contribution in [0.5, 0.6) is 0 Å². The topological polar surface area (TPSA) is 24.5 Å². The molecule has 0 radical (unpaired) electrons. The average Bonchev–Trinajstić information content (AvgIpc) is 2.41. The first-order chi connectivity index (χ1) is 9.86. The number of nitrogens with zero attached hydrogens (tertiary/aromatic N) is 1. The normalized spacial score (nSPS) is 24.7. The molecule has 3 heteroatoms. The van der Waals surface area contributed by atoms with Gasteiger partial charge in [0.15, 0.2) is 0 Å². The van der Waals surface area contributed by atoms with Gasteiger partial charge in [-0.2, -0.15) is 0 Å². The summed E-state index contributed by atoms with van der Waals surface area (Å²) in [4.78, 5) is 2.69. The molecule has 2 atom stereocenters. The predicted octanol–water partition coefficient (Wildman–Crippen LogP) is 3.54. The van der Waals surface area contributed by atoms with Crippen LogP contribution in [-0.4, -0.2) is 49.8 Å². The summed E-state index contributed by atoms with van der Waals surface area (Å²) in [7, 11) is 0. The third kappa shape index (κ3) is 6.66. The highest BCUT2D eigenvalue weighted by atomic mass is 16.5. The molecule has 1 aliphatic rings. The largest absolute Gasteiger partial charge is 0.381 e. The number of hydrogen-bond donors (Lipinski definition) is 1. The molecule has 1 aliphatic heterocycles. The van der Waals surface area contributed by atoms with Gasteiger partial charge in [0.1, 0.15) is 0 Å². The minimum atomic E-state index is 0.331. The van der Waals surface area contributed by atoms with Crippen molar-refractivity contribution in [2.24, 2.45) is 11.3 Å². The summed E-state index contributed by atoms with van der Waals surface area (Å²) in [6.45, 7) is 19.2. The second kappa shape index (κ2) is 9.12.